The van der Waals surface area contributed by atoms with Crippen molar-refractivity contribution in [2.24, 2.45) is 0 Å². The van der Waals surface area contributed by atoms with Gasteiger partial charge >= 0.3 is 5.97 Å². The number of H-pyrrole nitrogens is 1. The van der Waals surface area contributed by atoms with Gasteiger partial charge in [-0.25, -0.2) is 9.78 Å². The van der Waals surface area contributed by atoms with Crippen molar-refractivity contribution in [2.45, 2.75) is 0 Å². The molecule has 2 N–H and O–H groups in total. The summed E-state index contributed by atoms with van der Waals surface area (Å²) in [7, 11) is 0. The predicted molar refractivity (Wildman–Crippen MR) is 52.8 cm³/mol. The Morgan fingerprint density at radius 1 is 1.57 bits per heavy atom. The second kappa shape index (κ2) is 3.33. The number of aromatic nitrogens is 2. The second-order valence-corrected chi connectivity index (χ2v) is 2.82. The number of pyridine rings is 1. The van der Waals surface area contributed by atoms with Gasteiger partial charge in [-0.2, -0.15) is 0 Å². The van der Waals surface area contributed by atoms with Crippen LogP contribution < -0.4 is 0 Å². The largest absolute Gasteiger partial charge is 0.478 e. The topological polar surface area (TPSA) is 66.0 Å². The third kappa shape index (κ3) is 1.50. The molecule has 4 heteroatoms. The van der Waals surface area contributed by atoms with Crippen LogP contribution in [-0.4, -0.2) is 21.0 Å². The Balaban J connectivity index is 2.48. The Morgan fingerprint density at radius 2 is 2.43 bits per heavy atom. The number of hydrogen-bond acceptors (Lipinski definition) is 2. The van der Waals surface area contributed by atoms with Gasteiger partial charge in [0, 0.05) is 29.4 Å². The Morgan fingerprint density at radius 3 is 3.21 bits per heavy atom. The van der Waals surface area contributed by atoms with E-state index in [0.717, 1.165) is 22.7 Å². The molecule has 0 saturated carbocycles. The highest BCUT2D eigenvalue weighted by Gasteiger charge is 2.00. The molecule has 2 aromatic heterocycles. The summed E-state index contributed by atoms with van der Waals surface area (Å²) in [5.74, 6) is -0.955. The minimum Gasteiger partial charge on any atom is -0.478 e. The van der Waals surface area contributed by atoms with Crippen molar-refractivity contribution in [2.75, 3.05) is 0 Å². The molecule has 70 valence electrons. The standard InChI is InChI=1S/C10H8N2O2/c13-9(14)4-3-7-6-12-10-8(7)2-1-5-11-10/h1-6H,(H,11,12)(H,13,14)/b4-3+. The van der Waals surface area contributed by atoms with Gasteiger partial charge in [-0.1, -0.05) is 0 Å². The van der Waals surface area contributed by atoms with E-state index < -0.39 is 5.97 Å². The molecule has 14 heavy (non-hydrogen) atoms. The molecule has 0 aliphatic heterocycles. The van der Waals surface area contributed by atoms with Crippen LogP contribution in [0.2, 0.25) is 0 Å². The summed E-state index contributed by atoms with van der Waals surface area (Å²) in [4.78, 5) is 17.4. The number of rotatable bonds is 2. The molecular weight excluding hydrogens is 180 g/mol. The highest BCUT2D eigenvalue weighted by atomic mass is 16.4. The van der Waals surface area contributed by atoms with Crippen molar-refractivity contribution < 1.29 is 9.90 Å². The fraction of sp³-hybridized carbons (Fsp3) is 0. The number of hydrogen-bond donors (Lipinski definition) is 2. The van der Waals surface area contributed by atoms with Crippen LogP contribution in [0.15, 0.2) is 30.6 Å². The van der Waals surface area contributed by atoms with Gasteiger partial charge in [-0.3, -0.25) is 0 Å². The number of fused-ring (bicyclic) bond motifs is 1. The van der Waals surface area contributed by atoms with E-state index in [-0.39, 0.29) is 0 Å². The molecule has 0 aliphatic rings. The maximum Gasteiger partial charge on any atom is 0.328 e. The van der Waals surface area contributed by atoms with Gasteiger partial charge in [0.25, 0.3) is 0 Å². The van der Waals surface area contributed by atoms with Crippen molar-refractivity contribution >= 4 is 23.1 Å². The fourth-order valence-corrected chi connectivity index (χ4v) is 1.28. The predicted octanol–water partition coefficient (Wildman–Crippen LogP) is 1.66. The van der Waals surface area contributed by atoms with E-state index in [1.807, 2.05) is 12.1 Å². The molecule has 0 amide bonds. The molecule has 0 saturated heterocycles. The second-order valence-electron chi connectivity index (χ2n) is 2.82. The van der Waals surface area contributed by atoms with Crippen LogP contribution in [0.3, 0.4) is 0 Å². The average Bonchev–Trinajstić information content (AvgIpc) is 2.58. The first kappa shape index (κ1) is 8.50. The monoisotopic (exact) mass is 188 g/mol. The Bertz CT molecular complexity index is 500. The Hall–Kier alpha value is -2.10. The van der Waals surface area contributed by atoms with Crippen LogP contribution in [-0.2, 0) is 4.79 Å². The molecule has 0 aromatic carbocycles. The molecule has 0 radical (unpaired) electrons. The number of aliphatic carboxylic acids is 1. The normalized spacial score (nSPS) is 11.1. The average molecular weight is 188 g/mol. The SMILES string of the molecule is O=C(O)/C=C/c1c[nH]c2ncccc12. The van der Waals surface area contributed by atoms with Gasteiger partial charge < -0.3 is 10.1 Å². The van der Waals surface area contributed by atoms with Crippen molar-refractivity contribution in [3.8, 4) is 0 Å². The van der Waals surface area contributed by atoms with Crippen molar-refractivity contribution in [1.82, 2.24) is 9.97 Å². The zero-order chi connectivity index (χ0) is 9.97. The lowest BCUT2D eigenvalue weighted by Crippen LogP contribution is -1.85. The number of carbonyl (C=O) groups is 1. The lowest BCUT2D eigenvalue weighted by molar-refractivity contribution is -0.131. The van der Waals surface area contributed by atoms with Crippen molar-refractivity contribution in [3.63, 3.8) is 0 Å². The molecule has 0 atom stereocenters. The molecule has 0 aliphatic carbocycles. The van der Waals surface area contributed by atoms with Gasteiger partial charge in [0.2, 0.25) is 0 Å². The number of nitrogens with one attached hydrogen (secondary N) is 1. The molecular formula is C10H8N2O2. The fourth-order valence-electron chi connectivity index (χ4n) is 1.28. The number of carboxylic acids is 1. The van der Waals surface area contributed by atoms with E-state index >= 15 is 0 Å². The first-order valence-corrected chi connectivity index (χ1v) is 4.10. The first-order valence-electron chi connectivity index (χ1n) is 4.10. The van der Waals surface area contributed by atoms with E-state index in [9.17, 15) is 4.79 Å². The maximum atomic E-state index is 10.3. The minimum absolute atomic E-state index is 0.762. The zero-order valence-electron chi connectivity index (χ0n) is 7.27. The lowest BCUT2D eigenvalue weighted by Gasteiger charge is -1.88. The molecule has 4 nitrogen and oxygen atoms in total. The van der Waals surface area contributed by atoms with Crippen LogP contribution in [0.1, 0.15) is 5.56 Å². The van der Waals surface area contributed by atoms with Crippen LogP contribution in [0, 0.1) is 0 Å². The summed E-state index contributed by atoms with van der Waals surface area (Å²) in [6, 6.07) is 3.70. The highest BCUT2D eigenvalue weighted by molar-refractivity contribution is 5.91. The number of nitrogens with zero attached hydrogens (tertiary/aromatic N) is 1. The minimum atomic E-state index is -0.955. The molecule has 0 bridgehead atoms. The van der Waals surface area contributed by atoms with E-state index in [2.05, 4.69) is 9.97 Å². The van der Waals surface area contributed by atoms with Crippen LogP contribution in [0.5, 0.6) is 0 Å². The van der Waals surface area contributed by atoms with E-state index in [0.29, 0.717) is 0 Å². The van der Waals surface area contributed by atoms with E-state index in [4.69, 9.17) is 5.11 Å². The van der Waals surface area contributed by atoms with E-state index in [1.54, 1.807) is 18.5 Å². The summed E-state index contributed by atoms with van der Waals surface area (Å²) >= 11 is 0. The quantitative estimate of drug-likeness (QED) is 0.704. The third-order valence-electron chi connectivity index (χ3n) is 1.89. The smallest absolute Gasteiger partial charge is 0.328 e. The molecule has 0 unspecified atom stereocenters. The Labute approximate surface area is 79.9 Å². The van der Waals surface area contributed by atoms with Gasteiger partial charge in [0.15, 0.2) is 0 Å². The van der Waals surface area contributed by atoms with Crippen LogP contribution >= 0.6 is 0 Å². The number of carboxylic acid groups (broad SMARTS) is 1. The van der Waals surface area contributed by atoms with Crippen molar-refractivity contribution in [3.05, 3.63) is 36.2 Å². The van der Waals surface area contributed by atoms with Gasteiger partial charge in [-0.15, -0.1) is 0 Å². The summed E-state index contributed by atoms with van der Waals surface area (Å²) in [5.41, 5.74) is 1.59. The lowest BCUT2D eigenvalue weighted by atomic mass is 10.2. The first-order chi connectivity index (χ1) is 6.77. The van der Waals surface area contributed by atoms with Gasteiger partial charge in [0.1, 0.15) is 5.65 Å². The maximum absolute atomic E-state index is 10.3. The van der Waals surface area contributed by atoms with Crippen LogP contribution in [0.25, 0.3) is 17.1 Å². The van der Waals surface area contributed by atoms with Crippen LogP contribution in [0.4, 0.5) is 0 Å². The number of aromatic amines is 1. The summed E-state index contributed by atoms with van der Waals surface area (Å²) in [6.45, 7) is 0. The Kier molecular flexibility index (Phi) is 2.02. The molecule has 2 heterocycles. The summed E-state index contributed by atoms with van der Waals surface area (Å²) in [5, 5.41) is 9.39. The molecule has 2 aromatic rings. The summed E-state index contributed by atoms with van der Waals surface area (Å²) in [6.07, 6.45) is 6.07. The van der Waals surface area contributed by atoms with Gasteiger partial charge in [-0.05, 0) is 18.2 Å². The van der Waals surface area contributed by atoms with Gasteiger partial charge in [0.05, 0.1) is 0 Å². The van der Waals surface area contributed by atoms with Crippen molar-refractivity contribution in [1.29, 1.82) is 0 Å². The zero-order valence-corrected chi connectivity index (χ0v) is 7.27. The molecule has 2 rings (SSSR count). The molecule has 0 spiro atoms. The molecule has 0 fully saturated rings. The van der Waals surface area contributed by atoms with E-state index in [1.165, 1.54) is 0 Å². The highest BCUT2D eigenvalue weighted by Crippen LogP contribution is 2.16. The summed E-state index contributed by atoms with van der Waals surface area (Å²) < 4.78 is 0. The third-order valence-corrected chi connectivity index (χ3v) is 1.89.